The van der Waals surface area contributed by atoms with Crippen molar-refractivity contribution in [3.63, 3.8) is 0 Å². The van der Waals surface area contributed by atoms with Gasteiger partial charge in [-0.3, -0.25) is 4.98 Å². The number of rotatable bonds is 5. The number of pyridine rings is 1. The van der Waals surface area contributed by atoms with Gasteiger partial charge in [0.2, 0.25) is 0 Å². The van der Waals surface area contributed by atoms with Gasteiger partial charge in [0, 0.05) is 45.9 Å². The highest BCUT2D eigenvalue weighted by Gasteiger charge is 2.46. The molecule has 0 radical (unpaired) electrons. The second kappa shape index (κ2) is 11.1. The van der Waals surface area contributed by atoms with Crippen LogP contribution in [0.3, 0.4) is 0 Å². The van der Waals surface area contributed by atoms with E-state index in [0.717, 1.165) is 23.3 Å². The van der Waals surface area contributed by atoms with Gasteiger partial charge >= 0.3 is 11.6 Å². The number of alkyl halides is 3. The van der Waals surface area contributed by atoms with Crippen molar-refractivity contribution in [2.45, 2.75) is 50.6 Å². The number of benzene rings is 2. The summed E-state index contributed by atoms with van der Waals surface area (Å²) in [4.78, 5) is 18.7. The van der Waals surface area contributed by atoms with Gasteiger partial charge in [0.05, 0.1) is 18.5 Å². The predicted octanol–water partition coefficient (Wildman–Crippen LogP) is 7.51. The number of carbonyl (C=O) groups excluding carboxylic acids is 1. The van der Waals surface area contributed by atoms with Crippen LogP contribution >= 0.6 is 11.3 Å². The molecule has 4 aromatic rings. The normalized spacial score (nSPS) is 14.1. The Balaban J connectivity index is 1.64. The van der Waals surface area contributed by atoms with Crippen LogP contribution in [0.2, 0.25) is 0 Å². The topological polar surface area (TPSA) is 85.8 Å². The Kier molecular flexibility index (Phi) is 7.93. The minimum atomic E-state index is -5.62. The number of amides is 1. The van der Waals surface area contributed by atoms with Gasteiger partial charge in [0.25, 0.3) is 9.84 Å². The van der Waals surface area contributed by atoms with Crippen LogP contribution in [0.25, 0.3) is 32.5 Å². The van der Waals surface area contributed by atoms with E-state index in [-0.39, 0.29) is 22.6 Å². The number of fused-ring (bicyclic) bond motifs is 2. The van der Waals surface area contributed by atoms with E-state index in [1.54, 1.807) is 43.2 Å². The van der Waals surface area contributed by atoms with Gasteiger partial charge in [-0.1, -0.05) is 12.1 Å². The first-order chi connectivity index (χ1) is 20.1. The first-order valence-corrected chi connectivity index (χ1v) is 15.7. The number of hydrogen-bond acceptors (Lipinski definition) is 7. The average Bonchev–Trinajstić information content (AvgIpc) is 3.40. The Morgan fingerprint density at radius 3 is 2.49 bits per heavy atom. The van der Waals surface area contributed by atoms with Crippen molar-refractivity contribution in [3.8, 4) is 28.1 Å². The minimum Gasteiger partial charge on any atom is -0.496 e. The highest BCUT2D eigenvalue weighted by atomic mass is 32.2. The number of carbonyl (C=O) groups is 1. The van der Waals surface area contributed by atoms with E-state index in [4.69, 9.17) is 9.47 Å². The minimum absolute atomic E-state index is 0.0261. The van der Waals surface area contributed by atoms with Crippen LogP contribution in [-0.2, 0) is 33.3 Å². The van der Waals surface area contributed by atoms with Crippen LogP contribution in [0, 0.1) is 5.82 Å². The summed E-state index contributed by atoms with van der Waals surface area (Å²) in [6, 6.07) is 10.7. The van der Waals surface area contributed by atoms with Crippen LogP contribution in [0.15, 0.2) is 47.8 Å². The summed E-state index contributed by atoms with van der Waals surface area (Å²) in [6.45, 7) is 6.10. The van der Waals surface area contributed by atoms with Crippen LogP contribution in [0.4, 0.5) is 22.4 Å². The van der Waals surface area contributed by atoms with Crippen LogP contribution in [0.5, 0.6) is 5.75 Å². The molecule has 0 fully saturated rings. The summed E-state index contributed by atoms with van der Waals surface area (Å²) >= 11 is 1.20. The standard InChI is InChI=1S/C30H28F4N2O5S2/c1-29(2,3)41-28(37)36-11-9-17-13-18(5-6-19(17)15-36)26-22-10-12-42-27(22)25(21-8-7-20(31)14-24(21)40-4)23(35-26)16-43(38,39)30(32,33)34/h5-8,10,12-14H,9,11,15-16H2,1-4H3. The zero-order valence-corrected chi connectivity index (χ0v) is 25.3. The number of sulfone groups is 1. The molecule has 228 valence electrons. The lowest BCUT2D eigenvalue weighted by Crippen LogP contribution is -2.39. The molecule has 0 spiro atoms. The monoisotopic (exact) mass is 636 g/mol. The molecule has 1 amide bonds. The molecule has 3 heterocycles. The molecule has 7 nitrogen and oxygen atoms in total. The van der Waals surface area contributed by atoms with Gasteiger partial charge in [-0.2, -0.15) is 13.2 Å². The molecule has 13 heteroatoms. The SMILES string of the molecule is COc1cc(F)ccc1-c1c(CS(=O)(=O)C(F)(F)F)nc(-c2ccc3c(c2)CCN(C(=O)OC(C)(C)C)C3)c2ccsc12. The lowest BCUT2D eigenvalue weighted by Gasteiger charge is -2.31. The zero-order chi connectivity index (χ0) is 31.3. The molecule has 0 saturated carbocycles. The number of ether oxygens (including phenoxy) is 2. The van der Waals surface area contributed by atoms with Crippen molar-refractivity contribution in [1.29, 1.82) is 0 Å². The third kappa shape index (κ3) is 6.19. The molecule has 43 heavy (non-hydrogen) atoms. The number of halogens is 4. The summed E-state index contributed by atoms with van der Waals surface area (Å²) < 4.78 is 90.8. The maximum atomic E-state index is 14.0. The molecule has 5 rings (SSSR count). The maximum Gasteiger partial charge on any atom is 0.497 e. The Morgan fingerprint density at radius 2 is 1.81 bits per heavy atom. The van der Waals surface area contributed by atoms with Crippen LogP contribution in [-0.4, -0.2) is 49.2 Å². The van der Waals surface area contributed by atoms with Crippen molar-refractivity contribution in [1.82, 2.24) is 9.88 Å². The summed E-state index contributed by atoms with van der Waals surface area (Å²) in [5.41, 5.74) is -3.43. The Labute approximate surface area is 250 Å². The van der Waals surface area contributed by atoms with Crippen LogP contribution < -0.4 is 4.74 Å². The smallest absolute Gasteiger partial charge is 0.496 e. The van der Waals surface area contributed by atoms with Crippen molar-refractivity contribution in [2.75, 3.05) is 13.7 Å². The largest absolute Gasteiger partial charge is 0.497 e. The maximum absolute atomic E-state index is 14.0. The number of thiophene rings is 1. The summed E-state index contributed by atoms with van der Waals surface area (Å²) in [7, 11) is -4.34. The van der Waals surface area contributed by atoms with Gasteiger partial charge in [-0.15, -0.1) is 11.3 Å². The quantitative estimate of drug-likeness (QED) is 0.211. The van der Waals surface area contributed by atoms with Crippen molar-refractivity contribution >= 4 is 37.4 Å². The van der Waals surface area contributed by atoms with E-state index < -0.39 is 38.6 Å². The highest BCUT2D eigenvalue weighted by molar-refractivity contribution is 7.91. The fourth-order valence-electron chi connectivity index (χ4n) is 4.99. The molecule has 2 aromatic heterocycles. The van der Waals surface area contributed by atoms with Gasteiger partial charge in [-0.05, 0) is 68.0 Å². The number of aromatic nitrogens is 1. The summed E-state index contributed by atoms with van der Waals surface area (Å²) in [5, 5.41) is 2.32. The lowest BCUT2D eigenvalue weighted by atomic mass is 9.94. The fraction of sp³-hybridized carbons (Fsp3) is 0.333. The number of methoxy groups -OCH3 is 1. The van der Waals surface area contributed by atoms with E-state index in [9.17, 15) is 30.8 Å². The third-order valence-electron chi connectivity index (χ3n) is 6.94. The second-order valence-corrected chi connectivity index (χ2v) is 14.0. The molecule has 0 atom stereocenters. The lowest BCUT2D eigenvalue weighted by molar-refractivity contribution is -0.0438. The second-order valence-electron chi connectivity index (χ2n) is 11.1. The molecule has 1 aliphatic rings. The molecule has 2 aromatic carbocycles. The van der Waals surface area contributed by atoms with E-state index in [0.29, 0.717) is 40.9 Å². The first-order valence-electron chi connectivity index (χ1n) is 13.2. The third-order valence-corrected chi connectivity index (χ3v) is 9.23. The number of nitrogens with zero attached hydrogens (tertiary/aromatic N) is 2. The molecule has 1 aliphatic heterocycles. The molecule has 0 N–H and O–H groups in total. The highest BCUT2D eigenvalue weighted by Crippen LogP contribution is 2.44. The van der Waals surface area contributed by atoms with Gasteiger partial charge < -0.3 is 14.4 Å². The predicted molar refractivity (Wildman–Crippen MR) is 156 cm³/mol. The Bertz CT molecular complexity index is 1830. The summed E-state index contributed by atoms with van der Waals surface area (Å²) in [6.07, 6.45) is 0.0845. The molecule has 0 aliphatic carbocycles. The van der Waals surface area contributed by atoms with Gasteiger partial charge in [-0.25, -0.2) is 17.6 Å². The zero-order valence-electron chi connectivity index (χ0n) is 23.7. The van der Waals surface area contributed by atoms with Crippen molar-refractivity contribution in [2.24, 2.45) is 0 Å². The Morgan fingerprint density at radius 1 is 1.07 bits per heavy atom. The van der Waals surface area contributed by atoms with Gasteiger partial charge in [0.1, 0.15) is 22.9 Å². The molecule has 0 unspecified atom stereocenters. The summed E-state index contributed by atoms with van der Waals surface area (Å²) in [5.74, 6) is -2.02. The molecular formula is C30H28F4N2O5S2. The molecule has 0 bridgehead atoms. The van der Waals surface area contributed by atoms with Crippen LogP contribution in [0.1, 0.15) is 37.6 Å². The van der Waals surface area contributed by atoms with E-state index in [1.807, 2.05) is 12.1 Å². The van der Waals surface area contributed by atoms with E-state index in [2.05, 4.69) is 4.98 Å². The Hall–Kier alpha value is -3.71. The molecule has 0 saturated heterocycles. The van der Waals surface area contributed by atoms with E-state index >= 15 is 0 Å². The number of hydrogen-bond donors (Lipinski definition) is 0. The van der Waals surface area contributed by atoms with Crippen molar-refractivity contribution in [3.05, 3.63) is 70.5 Å². The first kappa shape index (κ1) is 30.7. The van der Waals surface area contributed by atoms with Crippen molar-refractivity contribution < 1.29 is 40.2 Å². The molecular weight excluding hydrogens is 608 g/mol. The fourth-order valence-corrected chi connectivity index (χ4v) is 6.70. The van der Waals surface area contributed by atoms with E-state index in [1.165, 1.54) is 24.5 Å². The van der Waals surface area contributed by atoms with Gasteiger partial charge in [0.15, 0.2) is 0 Å². The average molecular weight is 637 g/mol.